The van der Waals surface area contributed by atoms with E-state index in [0.717, 1.165) is 17.5 Å². The predicted octanol–water partition coefficient (Wildman–Crippen LogP) is 3.57. The molecule has 0 spiro atoms. The van der Waals surface area contributed by atoms with Crippen LogP contribution in [-0.2, 0) is 17.1 Å². The van der Waals surface area contributed by atoms with Gasteiger partial charge in [0, 0.05) is 15.6 Å². The second kappa shape index (κ2) is 6.92. The van der Waals surface area contributed by atoms with Crippen LogP contribution in [0, 0.1) is 0 Å². The summed E-state index contributed by atoms with van der Waals surface area (Å²) < 4.78 is 28.2. The fourth-order valence-electron chi connectivity index (χ4n) is 3.00. The normalized spacial score (nSPS) is 19.8. The number of ether oxygens (including phenoxy) is 1. The highest BCUT2D eigenvalue weighted by Crippen LogP contribution is 2.42. The van der Waals surface area contributed by atoms with Gasteiger partial charge >= 0.3 is 0 Å². The lowest BCUT2D eigenvalue weighted by molar-refractivity contribution is 0.111. The highest BCUT2D eigenvalue weighted by molar-refractivity contribution is 7.72. The molecule has 1 aliphatic carbocycles. The van der Waals surface area contributed by atoms with Crippen LogP contribution in [0.1, 0.15) is 17.2 Å². The lowest BCUT2D eigenvalue weighted by Gasteiger charge is -2.27. The number of nitrogens with zero attached hydrogens (tertiary/aromatic N) is 1. The Kier molecular flexibility index (Phi) is 5.06. The summed E-state index contributed by atoms with van der Waals surface area (Å²) >= 11 is 12.5. The summed E-state index contributed by atoms with van der Waals surface area (Å²) in [6.45, 7) is 0. The first-order valence-electron chi connectivity index (χ1n) is 7.42. The van der Waals surface area contributed by atoms with E-state index in [1.165, 1.54) is 12.1 Å². The molecule has 0 radical (unpaired) electrons. The molecule has 0 unspecified atom stereocenters. The molecule has 128 valence electrons. The van der Waals surface area contributed by atoms with E-state index >= 15 is 0 Å². The van der Waals surface area contributed by atoms with E-state index < -0.39 is 10.7 Å². The van der Waals surface area contributed by atoms with Gasteiger partial charge in [-0.2, -0.15) is 0 Å². The average molecular weight is 386 g/mol. The lowest BCUT2D eigenvalue weighted by Crippen LogP contribution is -2.34. The summed E-state index contributed by atoms with van der Waals surface area (Å²) in [5.41, 5.74) is 2.02. The standard InChI is InChI=1S/C17H17Cl2NO3S/c1-20(2)16-9-13-14(7-10(18)8-15(13)19)17(16)23-11-3-5-12(6-4-11)24(21)22/h3-8,16-17,24H,9H2,1-2H3/t16-,17-/m0/s1. The molecule has 0 N–H and O–H groups in total. The molecule has 2 aromatic carbocycles. The molecule has 2 atom stereocenters. The molecule has 0 amide bonds. The summed E-state index contributed by atoms with van der Waals surface area (Å²) in [5, 5.41) is 1.22. The summed E-state index contributed by atoms with van der Waals surface area (Å²) in [7, 11) is 1.40. The average Bonchev–Trinajstić information content (AvgIpc) is 2.87. The number of fused-ring (bicyclic) bond motifs is 1. The summed E-state index contributed by atoms with van der Waals surface area (Å²) in [4.78, 5) is 2.36. The quantitative estimate of drug-likeness (QED) is 0.817. The van der Waals surface area contributed by atoms with Crippen LogP contribution in [0.3, 0.4) is 0 Å². The fraction of sp³-hybridized carbons (Fsp3) is 0.294. The summed E-state index contributed by atoms with van der Waals surface area (Å²) in [5.74, 6) is 0.608. The van der Waals surface area contributed by atoms with Gasteiger partial charge in [-0.3, -0.25) is 0 Å². The Bertz CT molecular complexity index is 826. The molecule has 24 heavy (non-hydrogen) atoms. The molecule has 0 heterocycles. The van der Waals surface area contributed by atoms with Crippen molar-refractivity contribution >= 4 is 33.9 Å². The zero-order valence-electron chi connectivity index (χ0n) is 13.2. The monoisotopic (exact) mass is 385 g/mol. The molecule has 1 aliphatic rings. The third-order valence-corrected chi connectivity index (χ3v) is 5.51. The van der Waals surface area contributed by atoms with Crippen molar-refractivity contribution in [2.24, 2.45) is 0 Å². The smallest absolute Gasteiger partial charge is 0.168 e. The van der Waals surface area contributed by atoms with E-state index in [4.69, 9.17) is 27.9 Å². The second-order valence-electron chi connectivity index (χ2n) is 5.98. The van der Waals surface area contributed by atoms with Gasteiger partial charge in [-0.25, -0.2) is 8.42 Å². The number of thiol groups is 1. The highest BCUT2D eigenvalue weighted by atomic mass is 35.5. The van der Waals surface area contributed by atoms with Gasteiger partial charge in [0.25, 0.3) is 0 Å². The molecule has 0 saturated heterocycles. The van der Waals surface area contributed by atoms with Gasteiger partial charge in [0.15, 0.2) is 10.7 Å². The minimum Gasteiger partial charge on any atom is -0.484 e. The molecule has 7 heteroatoms. The zero-order valence-corrected chi connectivity index (χ0v) is 15.6. The molecule has 0 fully saturated rings. The van der Waals surface area contributed by atoms with Crippen molar-refractivity contribution in [1.29, 1.82) is 0 Å². The third-order valence-electron chi connectivity index (χ3n) is 4.24. The second-order valence-corrected chi connectivity index (χ2v) is 7.85. The van der Waals surface area contributed by atoms with Gasteiger partial charge in [0.1, 0.15) is 11.9 Å². The van der Waals surface area contributed by atoms with E-state index in [1.54, 1.807) is 18.2 Å². The van der Waals surface area contributed by atoms with Crippen molar-refractivity contribution < 1.29 is 13.2 Å². The topological polar surface area (TPSA) is 46.6 Å². The zero-order chi connectivity index (χ0) is 17.4. The highest BCUT2D eigenvalue weighted by Gasteiger charge is 2.37. The molecule has 3 rings (SSSR count). The number of rotatable bonds is 4. The fourth-order valence-corrected chi connectivity index (χ4v) is 3.98. The van der Waals surface area contributed by atoms with Crippen molar-refractivity contribution in [2.45, 2.75) is 23.5 Å². The largest absolute Gasteiger partial charge is 0.484 e. The van der Waals surface area contributed by atoms with Crippen molar-refractivity contribution in [3.8, 4) is 5.75 Å². The van der Waals surface area contributed by atoms with Crippen LogP contribution in [0.5, 0.6) is 5.75 Å². The van der Waals surface area contributed by atoms with E-state index in [0.29, 0.717) is 15.8 Å². The van der Waals surface area contributed by atoms with Gasteiger partial charge in [-0.1, -0.05) is 23.2 Å². The van der Waals surface area contributed by atoms with Crippen LogP contribution in [0.15, 0.2) is 41.3 Å². The molecular formula is C17H17Cl2NO3S. The Morgan fingerprint density at radius 2 is 1.79 bits per heavy atom. The van der Waals surface area contributed by atoms with E-state index in [-0.39, 0.29) is 17.0 Å². The van der Waals surface area contributed by atoms with E-state index in [1.807, 2.05) is 20.2 Å². The first-order valence-corrected chi connectivity index (χ1v) is 9.35. The van der Waals surface area contributed by atoms with Crippen molar-refractivity contribution in [3.05, 3.63) is 57.6 Å². The van der Waals surface area contributed by atoms with Crippen LogP contribution in [0.2, 0.25) is 10.0 Å². The number of likely N-dealkylation sites (N-methyl/N-ethyl adjacent to an activating group) is 1. The van der Waals surface area contributed by atoms with Crippen LogP contribution in [-0.4, -0.2) is 33.5 Å². The van der Waals surface area contributed by atoms with Gasteiger partial charge in [-0.05, 0) is 62.5 Å². The number of hydrogen-bond acceptors (Lipinski definition) is 4. The Balaban J connectivity index is 1.95. The first kappa shape index (κ1) is 17.5. The molecule has 0 bridgehead atoms. The molecular weight excluding hydrogens is 369 g/mol. The van der Waals surface area contributed by atoms with Crippen LogP contribution in [0.4, 0.5) is 0 Å². The SMILES string of the molecule is CN(C)[C@H]1Cc2c(Cl)cc(Cl)cc2[C@@H]1Oc1ccc([SH](=O)=O)cc1. The van der Waals surface area contributed by atoms with Gasteiger partial charge in [0.2, 0.25) is 0 Å². The van der Waals surface area contributed by atoms with E-state index in [2.05, 4.69) is 4.90 Å². The molecule has 0 aromatic heterocycles. The van der Waals surface area contributed by atoms with Crippen LogP contribution in [0.25, 0.3) is 0 Å². The van der Waals surface area contributed by atoms with E-state index in [9.17, 15) is 8.42 Å². The lowest BCUT2D eigenvalue weighted by atomic mass is 10.1. The summed E-state index contributed by atoms with van der Waals surface area (Å²) in [6, 6.07) is 10.1. The maximum atomic E-state index is 11.0. The van der Waals surface area contributed by atoms with Crippen molar-refractivity contribution in [1.82, 2.24) is 4.90 Å². The molecule has 0 saturated carbocycles. The van der Waals surface area contributed by atoms with Crippen LogP contribution >= 0.6 is 23.2 Å². The minimum atomic E-state index is -2.59. The minimum absolute atomic E-state index is 0.117. The number of halogens is 2. The Morgan fingerprint density at radius 3 is 2.38 bits per heavy atom. The predicted molar refractivity (Wildman–Crippen MR) is 96.0 cm³/mol. The van der Waals surface area contributed by atoms with Gasteiger partial charge < -0.3 is 9.64 Å². The molecule has 0 aliphatic heterocycles. The van der Waals surface area contributed by atoms with Crippen LogP contribution < -0.4 is 4.74 Å². The summed E-state index contributed by atoms with van der Waals surface area (Å²) in [6.07, 6.45) is 0.547. The van der Waals surface area contributed by atoms with Gasteiger partial charge in [-0.15, -0.1) is 0 Å². The van der Waals surface area contributed by atoms with Crippen molar-refractivity contribution in [2.75, 3.05) is 14.1 Å². The molecule has 4 nitrogen and oxygen atoms in total. The molecule has 2 aromatic rings. The first-order chi connectivity index (χ1) is 11.4. The Hall–Kier alpha value is -1.27. The number of benzene rings is 2. The maximum Gasteiger partial charge on any atom is 0.168 e. The Labute approximate surface area is 152 Å². The van der Waals surface area contributed by atoms with Crippen molar-refractivity contribution in [3.63, 3.8) is 0 Å². The third kappa shape index (κ3) is 3.40. The number of hydrogen-bond donors (Lipinski definition) is 1. The Morgan fingerprint density at radius 1 is 1.12 bits per heavy atom. The van der Waals surface area contributed by atoms with Gasteiger partial charge in [0.05, 0.1) is 10.9 Å². The maximum absolute atomic E-state index is 11.0.